The smallest absolute Gasteiger partial charge is 0.338 e. The molecule has 1 aromatic rings. The van der Waals surface area contributed by atoms with Crippen LogP contribution in [0.3, 0.4) is 0 Å². The van der Waals surface area contributed by atoms with Crippen molar-refractivity contribution in [3.8, 4) is 0 Å². The maximum atomic E-state index is 11.4. The van der Waals surface area contributed by atoms with E-state index in [1.807, 2.05) is 0 Å². The summed E-state index contributed by atoms with van der Waals surface area (Å²) >= 11 is 0. The summed E-state index contributed by atoms with van der Waals surface area (Å²) < 4.78 is 4.73. The lowest BCUT2D eigenvalue weighted by Crippen LogP contribution is -2.07. The molecule has 0 aliphatic carbocycles. The monoisotopic (exact) mass is 221 g/mol. The summed E-state index contributed by atoms with van der Waals surface area (Å²) in [5.41, 5.74) is 0.0284. The number of para-hydroxylation sites is 1. The standard InChI is InChI=1S/C11H11NO4/c1-3-16-11(13)8(2)9-6-4-5-7-10(9)12(14)15/h4-7H,2-3H2,1H3. The molecule has 16 heavy (non-hydrogen) atoms. The van der Waals surface area contributed by atoms with Gasteiger partial charge in [0.15, 0.2) is 0 Å². The van der Waals surface area contributed by atoms with Gasteiger partial charge in [-0.25, -0.2) is 4.79 Å². The number of hydrogen-bond donors (Lipinski definition) is 0. The Labute approximate surface area is 92.5 Å². The second-order valence-electron chi connectivity index (χ2n) is 2.97. The van der Waals surface area contributed by atoms with Gasteiger partial charge in [-0.05, 0) is 13.0 Å². The third-order valence-electron chi connectivity index (χ3n) is 1.95. The third-order valence-corrected chi connectivity index (χ3v) is 1.95. The highest BCUT2D eigenvalue weighted by Crippen LogP contribution is 2.25. The molecule has 0 saturated heterocycles. The van der Waals surface area contributed by atoms with Gasteiger partial charge in [-0.2, -0.15) is 0 Å². The van der Waals surface area contributed by atoms with Crippen molar-refractivity contribution in [1.82, 2.24) is 0 Å². The summed E-state index contributed by atoms with van der Waals surface area (Å²) in [5, 5.41) is 10.7. The molecule has 0 N–H and O–H groups in total. The quantitative estimate of drug-likeness (QED) is 0.338. The summed E-state index contributed by atoms with van der Waals surface area (Å²) in [4.78, 5) is 21.5. The van der Waals surface area contributed by atoms with Crippen molar-refractivity contribution >= 4 is 17.2 Å². The summed E-state index contributed by atoms with van der Waals surface area (Å²) in [6.07, 6.45) is 0. The molecule has 0 aliphatic heterocycles. The number of hydrogen-bond acceptors (Lipinski definition) is 4. The Balaban J connectivity index is 3.08. The Bertz CT molecular complexity index is 439. The molecule has 0 fully saturated rings. The van der Waals surface area contributed by atoms with E-state index in [1.54, 1.807) is 13.0 Å². The van der Waals surface area contributed by atoms with Gasteiger partial charge in [-0.15, -0.1) is 0 Å². The Hall–Kier alpha value is -2.17. The van der Waals surface area contributed by atoms with Crippen LogP contribution in [0.25, 0.3) is 5.57 Å². The lowest BCUT2D eigenvalue weighted by Gasteiger charge is -2.05. The van der Waals surface area contributed by atoms with Crippen molar-refractivity contribution in [2.75, 3.05) is 6.61 Å². The number of carbonyl (C=O) groups is 1. The van der Waals surface area contributed by atoms with Gasteiger partial charge >= 0.3 is 5.97 Å². The molecule has 0 unspecified atom stereocenters. The second-order valence-corrected chi connectivity index (χ2v) is 2.97. The predicted octanol–water partition coefficient (Wildman–Crippen LogP) is 2.17. The molecule has 0 spiro atoms. The van der Waals surface area contributed by atoms with E-state index in [1.165, 1.54) is 18.2 Å². The Morgan fingerprint density at radius 2 is 2.12 bits per heavy atom. The molecule has 84 valence electrons. The number of esters is 1. The van der Waals surface area contributed by atoms with Crippen molar-refractivity contribution < 1.29 is 14.5 Å². The van der Waals surface area contributed by atoms with Crippen molar-refractivity contribution in [3.63, 3.8) is 0 Å². The van der Waals surface area contributed by atoms with Gasteiger partial charge in [0.05, 0.1) is 22.7 Å². The van der Waals surface area contributed by atoms with Crippen molar-refractivity contribution in [2.24, 2.45) is 0 Å². The summed E-state index contributed by atoms with van der Waals surface area (Å²) in [5.74, 6) is -0.642. The van der Waals surface area contributed by atoms with E-state index in [9.17, 15) is 14.9 Å². The van der Waals surface area contributed by atoms with Crippen LogP contribution in [0.5, 0.6) is 0 Å². The van der Waals surface area contributed by atoms with Gasteiger partial charge in [0, 0.05) is 6.07 Å². The van der Waals surface area contributed by atoms with Crippen LogP contribution in [0.1, 0.15) is 12.5 Å². The van der Waals surface area contributed by atoms with E-state index < -0.39 is 10.9 Å². The highest BCUT2D eigenvalue weighted by molar-refractivity contribution is 6.16. The van der Waals surface area contributed by atoms with Gasteiger partial charge in [0.25, 0.3) is 5.69 Å². The first kappa shape index (κ1) is 11.9. The number of nitrogens with zero attached hydrogens (tertiary/aromatic N) is 1. The molecule has 5 heteroatoms. The maximum absolute atomic E-state index is 11.4. The minimum absolute atomic E-state index is 0.00542. The van der Waals surface area contributed by atoms with Crippen LogP contribution in [-0.4, -0.2) is 17.5 Å². The highest BCUT2D eigenvalue weighted by atomic mass is 16.6. The van der Waals surface area contributed by atoms with Gasteiger partial charge in [0.2, 0.25) is 0 Å². The molecule has 0 radical (unpaired) electrons. The topological polar surface area (TPSA) is 69.4 Å². The fourth-order valence-corrected chi connectivity index (χ4v) is 1.22. The number of benzene rings is 1. The van der Waals surface area contributed by atoms with Crippen LogP contribution in [0.2, 0.25) is 0 Å². The minimum atomic E-state index is -0.642. The Morgan fingerprint density at radius 3 is 2.69 bits per heavy atom. The number of ether oxygens (including phenoxy) is 1. The molecule has 0 bridgehead atoms. The lowest BCUT2D eigenvalue weighted by molar-refractivity contribution is -0.385. The maximum Gasteiger partial charge on any atom is 0.338 e. The average Bonchev–Trinajstić information content (AvgIpc) is 2.28. The molecular formula is C11H11NO4. The van der Waals surface area contributed by atoms with E-state index >= 15 is 0 Å². The van der Waals surface area contributed by atoms with Crippen molar-refractivity contribution in [1.29, 1.82) is 0 Å². The molecule has 0 saturated carbocycles. The van der Waals surface area contributed by atoms with Crippen LogP contribution < -0.4 is 0 Å². The fourth-order valence-electron chi connectivity index (χ4n) is 1.22. The largest absolute Gasteiger partial charge is 0.462 e. The highest BCUT2D eigenvalue weighted by Gasteiger charge is 2.20. The van der Waals surface area contributed by atoms with Crippen LogP contribution in [0, 0.1) is 10.1 Å². The summed E-state index contributed by atoms with van der Waals surface area (Å²) in [7, 11) is 0. The first-order valence-electron chi connectivity index (χ1n) is 4.67. The Morgan fingerprint density at radius 1 is 1.50 bits per heavy atom. The average molecular weight is 221 g/mol. The van der Waals surface area contributed by atoms with E-state index in [0.717, 1.165) is 0 Å². The van der Waals surface area contributed by atoms with E-state index in [0.29, 0.717) is 0 Å². The van der Waals surface area contributed by atoms with Gasteiger partial charge in [-0.3, -0.25) is 10.1 Å². The molecule has 5 nitrogen and oxygen atoms in total. The predicted molar refractivity (Wildman–Crippen MR) is 58.8 cm³/mol. The SMILES string of the molecule is C=C(C(=O)OCC)c1ccccc1[N+](=O)[O-]. The van der Waals surface area contributed by atoms with Gasteiger partial charge < -0.3 is 4.74 Å². The number of rotatable bonds is 4. The van der Waals surface area contributed by atoms with E-state index in [4.69, 9.17) is 4.74 Å². The van der Waals surface area contributed by atoms with Crippen molar-refractivity contribution in [3.05, 3.63) is 46.5 Å². The van der Waals surface area contributed by atoms with Gasteiger partial charge in [0.1, 0.15) is 0 Å². The number of nitro groups is 1. The number of nitro benzene ring substituents is 1. The lowest BCUT2D eigenvalue weighted by atomic mass is 10.1. The molecule has 1 rings (SSSR count). The molecule has 0 amide bonds. The van der Waals surface area contributed by atoms with Gasteiger partial charge in [-0.1, -0.05) is 18.7 Å². The zero-order chi connectivity index (χ0) is 12.1. The third kappa shape index (κ3) is 2.44. The van der Waals surface area contributed by atoms with Crippen LogP contribution in [-0.2, 0) is 9.53 Å². The normalized spacial score (nSPS) is 9.56. The molecule has 0 aliphatic rings. The minimum Gasteiger partial charge on any atom is -0.462 e. The molecular weight excluding hydrogens is 210 g/mol. The van der Waals surface area contributed by atoms with E-state index in [-0.39, 0.29) is 23.4 Å². The molecule has 0 atom stereocenters. The number of carbonyl (C=O) groups excluding carboxylic acids is 1. The zero-order valence-corrected chi connectivity index (χ0v) is 8.80. The molecule has 1 aromatic carbocycles. The Kier molecular flexibility index (Phi) is 3.77. The van der Waals surface area contributed by atoms with Crippen LogP contribution in [0.15, 0.2) is 30.8 Å². The first-order chi connectivity index (χ1) is 7.57. The van der Waals surface area contributed by atoms with Crippen LogP contribution in [0.4, 0.5) is 5.69 Å². The van der Waals surface area contributed by atoms with E-state index in [2.05, 4.69) is 6.58 Å². The fraction of sp³-hybridized carbons (Fsp3) is 0.182. The second kappa shape index (κ2) is 5.06. The zero-order valence-electron chi connectivity index (χ0n) is 8.80. The summed E-state index contributed by atoms with van der Waals surface area (Å²) in [6, 6.07) is 5.92. The first-order valence-corrected chi connectivity index (χ1v) is 4.67. The molecule has 0 aromatic heterocycles. The summed E-state index contributed by atoms with van der Waals surface area (Å²) in [6.45, 7) is 5.37. The van der Waals surface area contributed by atoms with Crippen LogP contribution >= 0.6 is 0 Å². The molecule has 0 heterocycles. The van der Waals surface area contributed by atoms with Crippen molar-refractivity contribution in [2.45, 2.75) is 6.92 Å².